The van der Waals surface area contributed by atoms with Crippen LogP contribution in [0.1, 0.15) is 43.5 Å². The smallest absolute Gasteiger partial charge is 0.338 e. The zero-order valence-electron chi connectivity index (χ0n) is 11.7. The van der Waals surface area contributed by atoms with Crippen molar-refractivity contribution in [1.29, 1.82) is 0 Å². The van der Waals surface area contributed by atoms with E-state index >= 15 is 0 Å². The summed E-state index contributed by atoms with van der Waals surface area (Å²) < 4.78 is 5.57. The highest BCUT2D eigenvalue weighted by atomic mass is 35.5. The van der Waals surface area contributed by atoms with Crippen molar-refractivity contribution >= 4 is 34.9 Å². The van der Waals surface area contributed by atoms with Crippen LogP contribution in [0, 0.1) is 11.8 Å². The lowest BCUT2D eigenvalue weighted by Crippen LogP contribution is -2.28. The molecule has 1 aromatic rings. The van der Waals surface area contributed by atoms with Crippen molar-refractivity contribution in [2.45, 2.75) is 39.2 Å². The van der Waals surface area contributed by atoms with Gasteiger partial charge in [-0.3, -0.25) is 0 Å². The Morgan fingerprint density at radius 3 is 2.15 bits per heavy atom. The molecule has 110 valence electrons. The van der Waals surface area contributed by atoms with E-state index in [9.17, 15) is 4.79 Å². The number of benzene rings is 1. The Morgan fingerprint density at radius 1 is 1.15 bits per heavy atom. The van der Waals surface area contributed by atoms with Crippen molar-refractivity contribution < 1.29 is 9.53 Å². The largest absolute Gasteiger partial charge is 0.459 e. The highest BCUT2D eigenvalue weighted by Crippen LogP contribution is 2.32. The molecule has 0 radical (unpaired) electrons. The summed E-state index contributed by atoms with van der Waals surface area (Å²) in [5.41, 5.74) is 6.29. The number of esters is 1. The number of nitrogen functional groups attached to an aromatic ring is 1. The second-order valence-corrected chi connectivity index (χ2v) is 6.61. The van der Waals surface area contributed by atoms with E-state index in [2.05, 4.69) is 13.8 Å². The average molecular weight is 316 g/mol. The lowest BCUT2D eigenvalue weighted by atomic mass is 9.82. The average Bonchev–Trinajstić information content (AvgIpc) is 2.33. The summed E-state index contributed by atoms with van der Waals surface area (Å²) >= 11 is 11.9. The number of halogens is 2. The van der Waals surface area contributed by atoms with Crippen molar-refractivity contribution in [2.24, 2.45) is 11.8 Å². The van der Waals surface area contributed by atoms with Crippen LogP contribution in [0.5, 0.6) is 0 Å². The first kappa shape index (κ1) is 15.5. The van der Waals surface area contributed by atoms with Crippen LogP contribution in [0.25, 0.3) is 0 Å². The second kappa shape index (κ2) is 6.23. The molecule has 20 heavy (non-hydrogen) atoms. The molecule has 1 aliphatic rings. The Balaban J connectivity index is 2.08. The molecule has 0 bridgehead atoms. The third-order valence-electron chi connectivity index (χ3n) is 3.72. The number of ether oxygens (including phenoxy) is 1. The standard InChI is InChI=1S/C15H19Cl2NO2/c1-8-3-9(2)5-11(4-8)20-15(19)10-6-12(16)14(18)13(17)7-10/h6-9,11H,3-5,18H2,1-2H3. The molecule has 0 heterocycles. The van der Waals surface area contributed by atoms with Gasteiger partial charge in [-0.15, -0.1) is 0 Å². The van der Waals surface area contributed by atoms with Crippen LogP contribution in [0.2, 0.25) is 10.0 Å². The van der Waals surface area contributed by atoms with Gasteiger partial charge in [0.1, 0.15) is 6.10 Å². The van der Waals surface area contributed by atoms with Crippen LogP contribution in [0.3, 0.4) is 0 Å². The van der Waals surface area contributed by atoms with E-state index in [0.717, 1.165) is 12.8 Å². The minimum Gasteiger partial charge on any atom is -0.459 e. The molecule has 3 nitrogen and oxygen atoms in total. The molecule has 1 fully saturated rings. The van der Waals surface area contributed by atoms with Gasteiger partial charge >= 0.3 is 5.97 Å². The fraction of sp³-hybridized carbons (Fsp3) is 0.533. The predicted octanol–water partition coefficient (Wildman–Crippen LogP) is 4.56. The summed E-state index contributed by atoms with van der Waals surface area (Å²) in [5, 5.41) is 0.546. The van der Waals surface area contributed by atoms with Gasteiger partial charge in [0.25, 0.3) is 0 Å². The molecule has 0 saturated heterocycles. The minimum atomic E-state index is -0.389. The van der Waals surface area contributed by atoms with Gasteiger partial charge in [-0.05, 0) is 43.2 Å². The Morgan fingerprint density at radius 2 is 1.65 bits per heavy atom. The second-order valence-electron chi connectivity index (χ2n) is 5.80. The molecule has 2 unspecified atom stereocenters. The van der Waals surface area contributed by atoms with Crippen LogP contribution in [0.4, 0.5) is 5.69 Å². The van der Waals surface area contributed by atoms with Crippen LogP contribution >= 0.6 is 23.2 Å². The van der Waals surface area contributed by atoms with Gasteiger partial charge in [-0.2, -0.15) is 0 Å². The number of carbonyl (C=O) groups is 1. The molecule has 2 N–H and O–H groups in total. The summed E-state index contributed by atoms with van der Waals surface area (Å²) in [6, 6.07) is 3.00. The third-order valence-corrected chi connectivity index (χ3v) is 4.35. The number of anilines is 1. The first-order valence-corrected chi connectivity index (χ1v) is 7.58. The maximum atomic E-state index is 12.2. The first-order valence-electron chi connectivity index (χ1n) is 6.82. The van der Waals surface area contributed by atoms with Gasteiger partial charge in [0.05, 0.1) is 21.3 Å². The van der Waals surface area contributed by atoms with E-state index < -0.39 is 0 Å². The van der Waals surface area contributed by atoms with Gasteiger partial charge in [0.15, 0.2) is 0 Å². The fourth-order valence-corrected chi connectivity index (χ4v) is 3.38. The van der Waals surface area contributed by atoms with E-state index in [1.165, 1.54) is 18.6 Å². The molecule has 1 aromatic carbocycles. The quantitative estimate of drug-likeness (QED) is 0.643. The van der Waals surface area contributed by atoms with Crippen molar-refractivity contribution in [3.8, 4) is 0 Å². The van der Waals surface area contributed by atoms with Gasteiger partial charge in [0, 0.05) is 0 Å². The number of nitrogens with two attached hydrogens (primary N) is 1. The van der Waals surface area contributed by atoms with E-state index in [0.29, 0.717) is 17.4 Å². The molecule has 0 amide bonds. The maximum Gasteiger partial charge on any atom is 0.338 e. The number of hydrogen-bond acceptors (Lipinski definition) is 3. The lowest BCUT2D eigenvalue weighted by molar-refractivity contribution is 0.00806. The monoisotopic (exact) mass is 315 g/mol. The Kier molecular flexibility index (Phi) is 4.82. The molecular formula is C15H19Cl2NO2. The number of rotatable bonds is 2. The highest BCUT2D eigenvalue weighted by Gasteiger charge is 2.27. The molecule has 0 aromatic heterocycles. The van der Waals surface area contributed by atoms with Crippen LogP contribution in [-0.4, -0.2) is 12.1 Å². The Bertz CT molecular complexity index is 486. The number of hydrogen-bond donors (Lipinski definition) is 1. The molecule has 1 saturated carbocycles. The highest BCUT2D eigenvalue weighted by molar-refractivity contribution is 6.39. The third kappa shape index (κ3) is 3.58. The summed E-state index contributed by atoms with van der Waals surface area (Å²) in [7, 11) is 0. The predicted molar refractivity (Wildman–Crippen MR) is 82.3 cm³/mol. The topological polar surface area (TPSA) is 52.3 Å². The van der Waals surface area contributed by atoms with Crippen molar-refractivity contribution in [3.63, 3.8) is 0 Å². The van der Waals surface area contributed by atoms with Gasteiger partial charge < -0.3 is 10.5 Å². The maximum absolute atomic E-state index is 12.2. The van der Waals surface area contributed by atoms with E-state index in [1.807, 2.05) is 0 Å². The minimum absolute atomic E-state index is 0.0312. The van der Waals surface area contributed by atoms with E-state index in [1.54, 1.807) is 0 Å². The summed E-state index contributed by atoms with van der Waals surface area (Å²) in [6.07, 6.45) is 2.98. The zero-order chi connectivity index (χ0) is 14.9. The summed E-state index contributed by atoms with van der Waals surface area (Å²) in [5.74, 6) is 0.769. The Labute approximate surface area is 129 Å². The van der Waals surface area contributed by atoms with Gasteiger partial charge in [-0.25, -0.2) is 4.79 Å². The zero-order valence-corrected chi connectivity index (χ0v) is 13.2. The summed E-state index contributed by atoms with van der Waals surface area (Å²) in [4.78, 5) is 12.2. The summed E-state index contributed by atoms with van der Waals surface area (Å²) in [6.45, 7) is 4.38. The lowest BCUT2D eigenvalue weighted by Gasteiger charge is -2.31. The van der Waals surface area contributed by atoms with Crippen LogP contribution in [-0.2, 0) is 4.74 Å². The first-order chi connectivity index (χ1) is 9.36. The molecule has 0 aliphatic heterocycles. The molecular weight excluding hydrogens is 297 g/mol. The Hall–Kier alpha value is -0.930. The molecule has 2 rings (SSSR count). The SMILES string of the molecule is CC1CC(C)CC(OC(=O)c2cc(Cl)c(N)c(Cl)c2)C1. The van der Waals surface area contributed by atoms with Crippen LogP contribution < -0.4 is 5.73 Å². The van der Waals surface area contributed by atoms with Crippen molar-refractivity contribution in [2.75, 3.05) is 5.73 Å². The van der Waals surface area contributed by atoms with Gasteiger partial charge in [0.2, 0.25) is 0 Å². The van der Waals surface area contributed by atoms with Crippen molar-refractivity contribution in [3.05, 3.63) is 27.7 Å². The van der Waals surface area contributed by atoms with Crippen LogP contribution in [0.15, 0.2) is 12.1 Å². The molecule has 0 spiro atoms. The normalized spacial score (nSPS) is 26.3. The number of carbonyl (C=O) groups excluding carboxylic acids is 1. The van der Waals surface area contributed by atoms with E-state index in [4.69, 9.17) is 33.7 Å². The van der Waals surface area contributed by atoms with Crippen molar-refractivity contribution in [1.82, 2.24) is 0 Å². The molecule has 5 heteroatoms. The van der Waals surface area contributed by atoms with Gasteiger partial charge in [-0.1, -0.05) is 37.0 Å². The molecule has 1 aliphatic carbocycles. The molecule has 2 atom stereocenters. The fourth-order valence-electron chi connectivity index (χ4n) is 2.89. The van der Waals surface area contributed by atoms with E-state index in [-0.39, 0.29) is 27.8 Å².